The van der Waals surface area contributed by atoms with Gasteiger partial charge in [0.1, 0.15) is 0 Å². The van der Waals surface area contributed by atoms with E-state index in [1.54, 1.807) is 0 Å². The van der Waals surface area contributed by atoms with Crippen molar-refractivity contribution in [3.63, 3.8) is 0 Å². The van der Waals surface area contributed by atoms with Crippen LogP contribution in [0.2, 0.25) is 0 Å². The zero-order valence-corrected chi connectivity index (χ0v) is 20.2. The first kappa shape index (κ1) is 21.5. The maximum atomic E-state index is 14.8. The standard InChI is InChI=1S/C30H28NOP/c1-22-12-10-11-17-28(22)31-20-29(33(32,21-31)27-15-8-5-9-16-27)30-23(2)18-26(19-24(30)3)25-13-6-4-7-14-25/h4-20H,21H2,1-3H3. The average molecular weight is 450 g/mol. The number of nitrogens with zero attached hydrogens (tertiary/aromatic N) is 1. The Labute approximate surface area is 196 Å². The van der Waals surface area contributed by atoms with Crippen LogP contribution in [0.4, 0.5) is 5.69 Å². The van der Waals surface area contributed by atoms with Crippen molar-refractivity contribution in [1.29, 1.82) is 0 Å². The summed E-state index contributed by atoms with van der Waals surface area (Å²) in [5.74, 6) is 0. The summed E-state index contributed by atoms with van der Waals surface area (Å²) >= 11 is 0. The molecule has 0 N–H and O–H groups in total. The van der Waals surface area contributed by atoms with E-state index in [1.807, 2.05) is 48.5 Å². The van der Waals surface area contributed by atoms with Crippen molar-refractivity contribution in [2.45, 2.75) is 20.8 Å². The molecule has 0 fully saturated rings. The first-order valence-electron chi connectivity index (χ1n) is 11.3. The first-order chi connectivity index (χ1) is 16.0. The van der Waals surface area contributed by atoms with Gasteiger partial charge in [0.15, 0.2) is 7.14 Å². The number of para-hydroxylation sites is 1. The van der Waals surface area contributed by atoms with E-state index in [4.69, 9.17) is 0 Å². The Morgan fingerprint density at radius 3 is 1.88 bits per heavy atom. The van der Waals surface area contributed by atoms with Crippen LogP contribution in [-0.4, -0.2) is 6.29 Å². The molecule has 0 spiro atoms. The van der Waals surface area contributed by atoms with Crippen LogP contribution in [0.3, 0.4) is 0 Å². The quantitative estimate of drug-likeness (QED) is 0.297. The molecule has 164 valence electrons. The van der Waals surface area contributed by atoms with Crippen LogP contribution in [-0.2, 0) is 4.57 Å². The fourth-order valence-corrected chi connectivity index (χ4v) is 7.85. The predicted molar refractivity (Wildman–Crippen MR) is 142 cm³/mol. The minimum Gasteiger partial charge on any atom is -0.339 e. The van der Waals surface area contributed by atoms with Gasteiger partial charge >= 0.3 is 0 Å². The summed E-state index contributed by atoms with van der Waals surface area (Å²) in [4.78, 5) is 2.18. The predicted octanol–water partition coefficient (Wildman–Crippen LogP) is 7.74. The van der Waals surface area contributed by atoms with Gasteiger partial charge in [0.2, 0.25) is 0 Å². The van der Waals surface area contributed by atoms with Crippen LogP contribution in [0.15, 0.2) is 103 Å². The lowest BCUT2D eigenvalue weighted by molar-refractivity contribution is 0.588. The Balaban J connectivity index is 1.69. The second kappa shape index (κ2) is 8.54. The molecule has 1 aliphatic heterocycles. The SMILES string of the molecule is Cc1ccccc1N1C=C(c2c(C)cc(-c3ccccc3)cc2C)P(=O)(c2ccccc2)C1. The number of rotatable bonds is 4. The molecule has 4 aromatic carbocycles. The van der Waals surface area contributed by atoms with Gasteiger partial charge in [-0.3, -0.25) is 0 Å². The van der Waals surface area contributed by atoms with E-state index >= 15 is 0 Å². The smallest absolute Gasteiger partial charge is 0.163 e. The lowest BCUT2D eigenvalue weighted by Gasteiger charge is -2.22. The minimum atomic E-state index is -2.85. The highest BCUT2D eigenvalue weighted by Crippen LogP contribution is 2.63. The van der Waals surface area contributed by atoms with Crippen molar-refractivity contribution >= 4 is 23.4 Å². The highest BCUT2D eigenvalue weighted by molar-refractivity contribution is 7.81. The summed E-state index contributed by atoms with van der Waals surface area (Å²) in [6, 6.07) is 33.2. The molecule has 3 heteroatoms. The van der Waals surface area contributed by atoms with Crippen LogP contribution < -0.4 is 10.2 Å². The second-order valence-corrected chi connectivity index (χ2v) is 11.6. The highest BCUT2D eigenvalue weighted by Gasteiger charge is 2.39. The monoisotopic (exact) mass is 449 g/mol. The largest absolute Gasteiger partial charge is 0.339 e. The van der Waals surface area contributed by atoms with Crippen LogP contribution >= 0.6 is 7.14 Å². The van der Waals surface area contributed by atoms with Gasteiger partial charge in [-0.1, -0.05) is 91.0 Å². The lowest BCUT2D eigenvalue weighted by Crippen LogP contribution is -2.17. The van der Waals surface area contributed by atoms with Gasteiger partial charge in [-0.15, -0.1) is 0 Å². The second-order valence-electron chi connectivity index (χ2n) is 8.84. The van der Waals surface area contributed by atoms with E-state index in [-0.39, 0.29) is 0 Å². The van der Waals surface area contributed by atoms with Gasteiger partial charge in [-0.25, -0.2) is 0 Å². The molecule has 1 atom stereocenters. The summed E-state index contributed by atoms with van der Waals surface area (Å²) in [6.45, 7) is 6.39. The van der Waals surface area contributed by atoms with E-state index < -0.39 is 7.14 Å². The molecule has 1 aliphatic rings. The minimum absolute atomic E-state index is 0.483. The summed E-state index contributed by atoms with van der Waals surface area (Å²) in [7, 11) is -2.85. The molecular formula is C30H28NOP. The Kier molecular flexibility index (Phi) is 5.56. The summed E-state index contributed by atoms with van der Waals surface area (Å²) < 4.78 is 14.8. The number of benzene rings is 4. The number of aryl methyl sites for hydroxylation is 3. The molecule has 0 saturated heterocycles. The molecule has 0 aromatic heterocycles. The molecule has 1 unspecified atom stereocenters. The molecule has 0 amide bonds. The van der Waals surface area contributed by atoms with Gasteiger partial charge < -0.3 is 9.46 Å². The van der Waals surface area contributed by atoms with Crippen molar-refractivity contribution in [3.05, 3.63) is 126 Å². The third-order valence-electron chi connectivity index (χ3n) is 6.51. The van der Waals surface area contributed by atoms with E-state index in [2.05, 4.69) is 80.4 Å². The zero-order valence-electron chi connectivity index (χ0n) is 19.3. The summed E-state index contributed by atoms with van der Waals surface area (Å²) in [5.41, 5.74) is 8.10. The molecule has 2 nitrogen and oxygen atoms in total. The average Bonchev–Trinajstić information content (AvgIpc) is 3.18. The van der Waals surface area contributed by atoms with Crippen LogP contribution in [0.25, 0.3) is 16.4 Å². The highest BCUT2D eigenvalue weighted by atomic mass is 31.2. The topological polar surface area (TPSA) is 20.3 Å². The molecule has 0 bridgehead atoms. The third-order valence-corrected chi connectivity index (χ3v) is 9.47. The Morgan fingerprint density at radius 2 is 1.24 bits per heavy atom. The van der Waals surface area contributed by atoms with Crippen molar-refractivity contribution in [2.75, 3.05) is 11.2 Å². The number of hydrogen-bond acceptors (Lipinski definition) is 2. The van der Waals surface area contributed by atoms with Gasteiger partial charge in [0, 0.05) is 22.5 Å². The molecule has 1 heterocycles. The van der Waals surface area contributed by atoms with E-state index in [0.29, 0.717) is 6.29 Å². The van der Waals surface area contributed by atoms with Gasteiger partial charge in [0.25, 0.3) is 0 Å². The maximum Gasteiger partial charge on any atom is 0.163 e. The molecule has 4 aromatic rings. The van der Waals surface area contributed by atoms with Gasteiger partial charge in [-0.2, -0.15) is 0 Å². The fourth-order valence-electron chi connectivity index (χ4n) is 4.90. The molecule has 5 rings (SSSR count). The van der Waals surface area contributed by atoms with Gasteiger partial charge in [0.05, 0.1) is 6.29 Å². The van der Waals surface area contributed by atoms with Crippen LogP contribution in [0.1, 0.15) is 22.3 Å². The normalized spacial score (nSPS) is 17.8. The van der Waals surface area contributed by atoms with Crippen LogP contribution in [0.5, 0.6) is 0 Å². The zero-order chi connectivity index (χ0) is 23.0. The lowest BCUT2D eigenvalue weighted by atomic mass is 9.95. The Hall–Kier alpha value is -3.35. The molecule has 0 aliphatic carbocycles. The first-order valence-corrected chi connectivity index (χ1v) is 13.2. The van der Waals surface area contributed by atoms with Crippen molar-refractivity contribution in [2.24, 2.45) is 0 Å². The Bertz CT molecular complexity index is 1370. The molecule has 0 radical (unpaired) electrons. The van der Waals surface area contributed by atoms with Crippen LogP contribution in [0, 0.1) is 20.8 Å². The molecule has 33 heavy (non-hydrogen) atoms. The number of hydrogen-bond donors (Lipinski definition) is 0. The third kappa shape index (κ3) is 3.86. The van der Waals surface area contributed by atoms with Crippen molar-refractivity contribution < 1.29 is 4.57 Å². The van der Waals surface area contributed by atoms with E-state index in [1.165, 1.54) is 16.7 Å². The summed E-state index contributed by atoms with van der Waals surface area (Å²) in [5, 5.41) is 1.87. The van der Waals surface area contributed by atoms with E-state index in [9.17, 15) is 4.57 Å². The van der Waals surface area contributed by atoms with Crippen molar-refractivity contribution in [3.8, 4) is 11.1 Å². The molecule has 0 saturated carbocycles. The van der Waals surface area contributed by atoms with Crippen molar-refractivity contribution in [1.82, 2.24) is 0 Å². The molecular weight excluding hydrogens is 421 g/mol. The fraction of sp³-hybridized carbons (Fsp3) is 0.133. The van der Waals surface area contributed by atoms with Gasteiger partial charge in [-0.05, 0) is 60.2 Å². The Morgan fingerprint density at radius 1 is 0.667 bits per heavy atom. The summed E-state index contributed by atoms with van der Waals surface area (Å²) in [6.07, 6.45) is 2.62. The van der Waals surface area contributed by atoms with E-state index in [0.717, 1.165) is 33.0 Å². The maximum absolute atomic E-state index is 14.8. The number of anilines is 1.